The maximum absolute atomic E-state index is 11.0. The summed E-state index contributed by atoms with van der Waals surface area (Å²) in [6, 6.07) is 0. The molecule has 1 aliphatic rings. The maximum atomic E-state index is 11.0. The number of hydrogen-bond acceptors (Lipinski definition) is 3. The van der Waals surface area contributed by atoms with E-state index in [1.807, 2.05) is 0 Å². The Morgan fingerprint density at radius 2 is 1.94 bits per heavy atom. The van der Waals surface area contributed by atoms with Crippen molar-refractivity contribution in [2.24, 2.45) is 17.4 Å². The minimum atomic E-state index is -0.872. The molecular formula is C14H28N2O2. The molecule has 1 saturated carbocycles. The van der Waals surface area contributed by atoms with Gasteiger partial charge in [-0.3, -0.25) is 4.79 Å². The van der Waals surface area contributed by atoms with Crippen molar-refractivity contribution in [2.75, 3.05) is 13.2 Å². The molecule has 0 aliphatic heterocycles. The summed E-state index contributed by atoms with van der Waals surface area (Å²) < 4.78 is 5.69. The van der Waals surface area contributed by atoms with Gasteiger partial charge in [0.2, 0.25) is 5.91 Å². The van der Waals surface area contributed by atoms with Gasteiger partial charge in [-0.05, 0) is 44.9 Å². The Morgan fingerprint density at radius 1 is 1.28 bits per heavy atom. The van der Waals surface area contributed by atoms with Crippen LogP contribution < -0.4 is 11.5 Å². The molecule has 4 nitrogen and oxygen atoms in total. The summed E-state index contributed by atoms with van der Waals surface area (Å²) in [5.74, 6) is 0.342. The highest BCUT2D eigenvalue weighted by Crippen LogP contribution is 2.23. The number of ether oxygens (including phenoxy) is 1. The summed E-state index contributed by atoms with van der Waals surface area (Å²) in [5.41, 5.74) is 10.1. The molecule has 1 fully saturated rings. The molecule has 0 aromatic carbocycles. The smallest absolute Gasteiger partial charge is 0.237 e. The van der Waals surface area contributed by atoms with E-state index in [4.69, 9.17) is 16.2 Å². The molecule has 1 rings (SSSR count). The van der Waals surface area contributed by atoms with E-state index in [-0.39, 0.29) is 0 Å². The third-order valence-electron chi connectivity index (χ3n) is 3.88. The van der Waals surface area contributed by atoms with Crippen LogP contribution in [0.5, 0.6) is 0 Å². The van der Waals surface area contributed by atoms with Crippen molar-refractivity contribution in [1.82, 2.24) is 0 Å². The van der Waals surface area contributed by atoms with Gasteiger partial charge < -0.3 is 16.2 Å². The van der Waals surface area contributed by atoms with E-state index in [1.165, 1.54) is 32.1 Å². The quantitative estimate of drug-likeness (QED) is 0.652. The number of carbonyl (C=O) groups excluding carboxylic acids is 1. The summed E-state index contributed by atoms with van der Waals surface area (Å²) in [6.45, 7) is 3.36. The molecule has 0 saturated heterocycles. The van der Waals surface area contributed by atoms with E-state index in [0.717, 1.165) is 32.0 Å². The van der Waals surface area contributed by atoms with E-state index in [1.54, 1.807) is 6.92 Å². The minimum Gasteiger partial charge on any atom is -0.381 e. The molecule has 18 heavy (non-hydrogen) atoms. The van der Waals surface area contributed by atoms with Crippen LogP contribution in [-0.2, 0) is 9.53 Å². The second-order valence-corrected chi connectivity index (χ2v) is 5.82. The van der Waals surface area contributed by atoms with E-state index >= 15 is 0 Å². The van der Waals surface area contributed by atoms with Crippen molar-refractivity contribution < 1.29 is 9.53 Å². The third-order valence-corrected chi connectivity index (χ3v) is 3.88. The predicted molar refractivity (Wildman–Crippen MR) is 73.0 cm³/mol. The summed E-state index contributed by atoms with van der Waals surface area (Å²) in [6.07, 6.45) is 9.22. The first-order valence-electron chi connectivity index (χ1n) is 7.19. The maximum Gasteiger partial charge on any atom is 0.237 e. The molecule has 0 aromatic heterocycles. The molecule has 0 aromatic rings. The fourth-order valence-corrected chi connectivity index (χ4v) is 2.42. The third kappa shape index (κ3) is 5.83. The van der Waals surface area contributed by atoms with Gasteiger partial charge in [0.25, 0.3) is 0 Å². The van der Waals surface area contributed by atoms with Gasteiger partial charge in [0.05, 0.1) is 5.54 Å². The topological polar surface area (TPSA) is 78.3 Å². The Bertz CT molecular complexity index is 248. The van der Waals surface area contributed by atoms with Gasteiger partial charge in [-0.15, -0.1) is 0 Å². The Hall–Kier alpha value is -0.610. The Balaban J connectivity index is 1.97. The highest BCUT2D eigenvalue weighted by molar-refractivity contribution is 5.83. The van der Waals surface area contributed by atoms with E-state index in [0.29, 0.717) is 6.42 Å². The summed E-state index contributed by atoms with van der Waals surface area (Å²) in [4.78, 5) is 11.0. The number of unbranched alkanes of at least 4 members (excludes halogenated alkanes) is 1. The summed E-state index contributed by atoms with van der Waals surface area (Å²) in [7, 11) is 0. The Morgan fingerprint density at radius 3 is 2.56 bits per heavy atom. The average Bonchev–Trinajstić information content (AvgIpc) is 2.34. The van der Waals surface area contributed by atoms with Gasteiger partial charge in [0, 0.05) is 13.2 Å². The highest BCUT2D eigenvalue weighted by atomic mass is 16.5. The Labute approximate surface area is 110 Å². The van der Waals surface area contributed by atoms with Crippen LogP contribution in [0.3, 0.4) is 0 Å². The Kier molecular flexibility index (Phi) is 6.65. The lowest BCUT2D eigenvalue weighted by atomic mass is 9.90. The van der Waals surface area contributed by atoms with E-state index in [9.17, 15) is 4.79 Å². The molecule has 0 heterocycles. The number of primary amides is 1. The fourth-order valence-electron chi connectivity index (χ4n) is 2.42. The first kappa shape index (κ1) is 15.4. The number of carbonyl (C=O) groups is 1. The zero-order valence-corrected chi connectivity index (χ0v) is 11.6. The number of rotatable bonds is 8. The van der Waals surface area contributed by atoms with Crippen molar-refractivity contribution >= 4 is 5.91 Å². The predicted octanol–water partition coefficient (Wildman–Crippen LogP) is 1.96. The van der Waals surface area contributed by atoms with Crippen LogP contribution in [0, 0.1) is 5.92 Å². The molecule has 1 unspecified atom stereocenters. The summed E-state index contributed by atoms with van der Waals surface area (Å²) >= 11 is 0. The molecule has 0 bridgehead atoms. The number of amides is 1. The molecule has 4 heteroatoms. The van der Waals surface area contributed by atoms with Crippen LogP contribution in [0.1, 0.15) is 58.3 Å². The lowest BCUT2D eigenvalue weighted by molar-refractivity contribution is -0.122. The second-order valence-electron chi connectivity index (χ2n) is 5.82. The van der Waals surface area contributed by atoms with Crippen LogP contribution in [0.4, 0.5) is 0 Å². The van der Waals surface area contributed by atoms with Crippen LogP contribution in [0.25, 0.3) is 0 Å². The lowest BCUT2D eigenvalue weighted by Crippen LogP contribution is -2.49. The molecule has 0 radical (unpaired) electrons. The van der Waals surface area contributed by atoms with Gasteiger partial charge in [-0.1, -0.05) is 19.3 Å². The highest BCUT2D eigenvalue weighted by Gasteiger charge is 2.24. The second kappa shape index (κ2) is 7.74. The van der Waals surface area contributed by atoms with Crippen LogP contribution in [0.2, 0.25) is 0 Å². The van der Waals surface area contributed by atoms with Crippen molar-refractivity contribution in [3.05, 3.63) is 0 Å². The molecule has 4 N–H and O–H groups in total. The molecule has 106 valence electrons. The van der Waals surface area contributed by atoms with Crippen LogP contribution >= 0.6 is 0 Å². The van der Waals surface area contributed by atoms with Gasteiger partial charge in [-0.2, -0.15) is 0 Å². The number of nitrogens with two attached hydrogens (primary N) is 2. The minimum absolute atomic E-state index is 0.425. The van der Waals surface area contributed by atoms with Crippen molar-refractivity contribution in [3.8, 4) is 0 Å². The average molecular weight is 256 g/mol. The van der Waals surface area contributed by atoms with Crippen LogP contribution in [-0.4, -0.2) is 24.7 Å². The van der Waals surface area contributed by atoms with Gasteiger partial charge >= 0.3 is 0 Å². The molecule has 1 atom stereocenters. The molecule has 1 amide bonds. The zero-order chi connectivity index (χ0) is 13.4. The zero-order valence-electron chi connectivity index (χ0n) is 11.6. The van der Waals surface area contributed by atoms with Gasteiger partial charge in [0.15, 0.2) is 0 Å². The monoisotopic (exact) mass is 256 g/mol. The lowest BCUT2D eigenvalue weighted by Gasteiger charge is -2.22. The normalized spacial score (nSPS) is 20.6. The largest absolute Gasteiger partial charge is 0.381 e. The van der Waals surface area contributed by atoms with Crippen molar-refractivity contribution in [1.29, 1.82) is 0 Å². The van der Waals surface area contributed by atoms with E-state index < -0.39 is 11.4 Å². The van der Waals surface area contributed by atoms with Crippen molar-refractivity contribution in [3.63, 3.8) is 0 Å². The van der Waals surface area contributed by atoms with Gasteiger partial charge in [0.1, 0.15) is 0 Å². The fraction of sp³-hybridized carbons (Fsp3) is 0.929. The first-order chi connectivity index (χ1) is 8.52. The standard InChI is InChI=1S/C14H28N2O2/c1-14(16,13(15)17)9-5-6-10-18-11-12-7-3-2-4-8-12/h12H,2-11,16H2,1H3,(H2,15,17). The molecule has 1 aliphatic carbocycles. The molecule has 0 spiro atoms. The first-order valence-corrected chi connectivity index (χ1v) is 7.19. The summed E-state index contributed by atoms with van der Waals surface area (Å²) in [5, 5.41) is 0. The van der Waals surface area contributed by atoms with Gasteiger partial charge in [-0.25, -0.2) is 0 Å². The van der Waals surface area contributed by atoms with Crippen LogP contribution in [0.15, 0.2) is 0 Å². The molecular weight excluding hydrogens is 228 g/mol. The van der Waals surface area contributed by atoms with E-state index in [2.05, 4.69) is 0 Å². The SMILES string of the molecule is CC(N)(CCCCOCC1CCCCC1)C(N)=O. The van der Waals surface area contributed by atoms with Crippen molar-refractivity contribution in [2.45, 2.75) is 63.8 Å². The number of hydrogen-bond donors (Lipinski definition) is 2.